The average molecular weight is 373 g/mol. The first kappa shape index (κ1) is 18.9. The topological polar surface area (TPSA) is 99.9 Å². The Morgan fingerprint density at radius 2 is 1.96 bits per heavy atom. The number of amides is 1. The summed E-state index contributed by atoms with van der Waals surface area (Å²) in [6.45, 7) is 0.488. The lowest BCUT2D eigenvalue weighted by Gasteiger charge is -2.08. The molecule has 1 aromatic heterocycles. The number of nitriles is 1. The predicted octanol–water partition coefficient (Wildman–Crippen LogP) is 3.07. The Kier molecular flexibility index (Phi) is 6.16. The van der Waals surface area contributed by atoms with Crippen LogP contribution in [0.4, 0.5) is 11.5 Å². The normalized spacial score (nSPS) is 10.0. The number of aromatic nitrogens is 2. The van der Waals surface area contributed by atoms with Crippen molar-refractivity contribution in [3.05, 3.63) is 77.7 Å². The van der Waals surface area contributed by atoms with Crippen LogP contribution >= 0.6 is 0 Å². The van der Waals surface area contributed by atoms with Gasteiger partial charge in [-0.2, -0.15) is 5.26 Å². The van der Waals surface area contributed by atoms with Gasteiger partial charge in [-0.3, -0.25) is 4.79 Å². The molecule has 0 bridgehead atoms. The summed E-state index contributed by atoms with van der Waals surface area (Å²) in [6.07, 6.45) is 2.03. The largest absolute Gasteiger partial charge is 0.497 e. The fourth-order valence-corrected chi connectivity index (χ4v) is 2.57. The lowest BCUT2D eigenvalue weighted by Crippen LogP contribution is -2.26. The molecule has 0 aliphatic heterocycles. The molecule has 0 spiro atoms. The molecule has 0 fully saturated rings. The molecular weight excluding hydrogens is 354 g/mol. The Morgan fingerprint density at radius 3 is 2.71 bits per heavy atom. The molecule has 2 N–H and O–H groups in total. The van der Waals surface area contributed by atoms with Gasteiger partial charge in [0.1, 0.15) is 23.6 Å². The molecular formula is C21H19N5O2. The van der Waals surface area contributed by atoms with Crippen LogP contribution < -0.4 is 15.4 Å². The van der Waals surface area contributed by atoms with Crippen molar-refractivity contribution in [2.45, 2.75) is 6.42 Å². The van der Waals surface area contributed by atoms with Gasteiger partial charge in [-0.15, -0.1) is 0 Å². The quantitative estimate of drug-likeness (QED) is 0.660. The van der Waals surface area contributed by atoms with Gasteiger partial charge >= 0.3 is 0 Å². The third-order valence-corrected chi connectivity index (χ3v) is 4.02. The maximum Gasteiger partial charge on any atom is 0.270 e. The average Bonchev–Trinajstić information content (AvgIpc) is 2.74. The summed E-state index contributed by atoms with van der Waals surface area (Å²) in [4.78, 5) is 20.5. The van der Waals surface area contributed by atoms with E-state index in [4.69, 9.17) is 10.00 Å². The smallest absolute Gasteiger partial charge is 0.270 e. The number of benzene rings is 2. The molecule has 0 unspecified atom stereocenters. The highest BCUT2D eigenvalue weighted by Gasteiger charge is 2.09. The van der Waals surface area contributed by atoms with Crippen molar-refractivity contribution in [3.63, 3.8) is 0 Å². The minimum Gasteiger partial charge on any atom is -0.497 e. The van der Waals surface area contributed by atoms with Crippen LogP contribution in [0.15, 0.2) is 60.9 Å². The van der Waals surface area contributed by atoms with Crippen LogP contribution in [-0.2, 0) is 6.42 Å². The van der Waals surface area contributed by atoms with Gasteiger partial charge in [0.25, 0.3) is 5.91 Å². The molecule has 140 valence electrons. The maximum atomic E-state index is 12.3. The molecule has 7 nitrogen and oxygen atoms in total. The maximum absolute atomic E-state index is 12.3. The molecule has 2 aromatic carbocycles. The van der Waals surface area contributed by atoms with Crippen molar-refractivity contribution in [1.82, 2.24) is 15.3 Å². The van der Waals surface area contributed by atoms with E-state index in [-0.39, 0.29) is 11.6 Å². The number of carbonyl (C=O) groups is 1. The Bertz CT molecular complexity index is 996. The van der Waals surface area contributed by atoms with Gasteiger partial charge in [0.15, 0.2) is 0 Å². The molecule has 3 aromatic rings. The van der Waals surface area contributed by atoms with Gasteiger partial charge < -0.3 is 15.4 Å². The molecule has 0 atom stereocenters. The first-order valence-corrected chi connectivity index (χ1v) is 8.68. The first-order chi connectivity index (χ1) is 13.7. The Morgan fingerprint density at radius 1 is 1.14 bits per heavy atom. The van der Waals surface area contributed by atoms with E-state index in [0.717, 1.165) is 11.3 Å². The van der Waals surface area contributed by atoms with Crippen molar-refractivity contribution in [1.29, 1.82) is 5.26 Å². The zero-order valence-corrected chi connectivity index (χ0v) is 15.3. The SMILES string of the molecule is COc1ccc(CCNC(=O)c2cc(Nc3cccc(C#N)c3)ncn2)cc1. The number of ether oxygens (including phenoxy) is 1. The number of hydrogen-bond acceptors (Lipinski definition) is 6. The lowest BCUT2D eigenvalue weighted by atomic mass is 10.1. The second-order valence-electron chi connectivity index (χ2n) is 5.96. The minimum atomic E-state index is -0.273. The van der Waals surface area contributed by atoms with Crippen molar-refractivity contribution in [2.24, 2.45) is 0 Å². The molecule has 7 heteroatoms. The fourth-order valence-electron chi connectivity index (χ4n) is 2.57. The fraction of sp³-hybridized carbons (Fsp3) is 0.143. The molecule has 0 saturated carbocycles. The zero-order chi connectivity index (χ0) is 19.8. The monoisotopic (exact) mass is 373 g/mol. The summed E-state index contributed by atoms with van der Waals surface area (Å²) in [6, 6.07) is 18.4. The van der Waals surface area contributed by atoms with Gasteiger partial charge in [-0.05, 0) is 42.3 Å². The molecule has 1 amide bonds. The third-order valence-electron chi connectivity index (χ3n) is 4.02. The Balaban J connectivity index is 1.57. The first-order valence-electron chi connectivity index (χ1n) is 8.68. The van der Waals surface area contributed by atoms with Crippen molar-refractivity contribution < 1.29 is 9.53 Å². The lowest BCUT2D eigenvalue weighted by molar-refractivity contribution is 0.0949. The van der Waals surface area contributed by atoms with E-state index in [1.54, 1.807) is 31.4 Å². The number of nitrogens with zero attached hydrogens (tertiary/aromatic N) is 3. The molecule has 0 aliphatic rings. The van der Waals surface area contributed by atoms with Crippen molar-refractivity contribution >= 4 is 17.4 Å². The van der Waals surface area contributed by atoms with E-state index in [0.29, 0.717) is 30.0 Å². The van der Waals surface area contributed by atoms with E-state index in [2.05, 4.69) is 26.7 Å². The summed E-state index contributed by atoms with van der Waals surface area (Å²) in [5.41, 5.74) is 2.62. The highest BCUT2D eigenvalue weighted by molar-refractivity contribution is 5.92. The van der Waals surface area contributed by atoms with E-state index < -0.39 is 0 Å². The number of anilines is 2. The van der Waals surface area contributed by atoms with Gasteiger partial charge in [-0.1, -0.05) is 18.2 Å². The molecule has 3 rings (SSSR count). The van der Waals surface area contributed by atoms with Crippen molar-refractivity contribution in [3.8, 4) is 11.8 Å². The summed E-state index contributed by atoms with van der Waals surface area (Å²) in [5.74, 6) is 1.00. The van der Waals surface area contributed by atoms with Crippen LogP contribution in [0.2, 0.25) is 0 Å². The summed E-state index contributed by atoms with van der Waals surface area (Å²) >= 11 is 0. The second-order valence-corrected chi connectivity index (χ2v) is 5.96. The van der Waals surface area contributed by atoms with Crippen molar-refractivity contribution in [2.75, 3.05) is 19.0 Å². The highest BCUT2D eigenvalue weighted by Crippen LogP contribution is 2.16. The van der Waals surface area contributed by atoms with Crippen LogP contribution in [0, 0.1) is 11.3 Å². The number of nitrogens with one attached hydrogen (secondary N) is 2. The van der Waals surface area contributed by atoms with Crippen LogP contribution in [0.5, 0.6) is 5.75 Å². The molecule has 0 aliphatic carbocycles. The van der Waals surface area contributed by atoms with E-state index in [1.807, 2.05) is 30.3 Å². The van der Waals surface area contributed by atoms with E-state index in [9.17, 15) is 4.79 Å². The Hall–Kier alpha value is -3.92. The van der Waals surface area contributed by atoms with Gasteiger partial charge in [0.05, 0.1) is 18.7 Å². The molecule has 0 saturated heterocycles. The second kappa shape index (κ2) is 9.14. The highest BCUT2D eigenvalue weighted by atomic mass is 16.5. The zero-order valence-electron chi connectivity index (χ0n) is 15.3. The van der Waals surface area contributed by atoms with Crippen LogP contribution in [0.3, 0.4) is 0 Å². The number of methoxy groups -OCH3 is 1. The van der Waals surface area contributed by atoms with Crippen LogP contribution in [-0.4, -0.2) is 29.5 Å². The third kappa shape index (κ3) is 5.05. The van der Waals surface area contributed by atoms with Crippen LogP contribution in [0.1, 0.15) is 21.6 Å². The molecule has 1 heterocycles. The Labute approximate surface area is 163 Å². The minimum absolute atomic E-state index is 0.267. The van der Waals surface area contributed by atoms with Gasteiger partial charge in [0, 0.05) is 18.3 Å². The number of carbonyl (C=O) groups excluding carboxylic acids is 1. The number of hydrogen-bond donors (Lipinski definition) is 2. The standard InChI is InChI=1S/C21H19N5O2/c1-28-18-7-5-15(6-8-18)9-10-23-21(27)19-12-20(25-14-24-19)26-17-4-2-3-16(11-17)13-22/h2-8,11-12,14H,9-10H2,1H3,(H,23,27)(H,24,25,26). The molecule has 28 heavy (non-hydrogen) atoms. The van der Waals surface area contributed by atoms with E-state index in [1.165, 1.54) is 6.33 Å². The van der Waals surface area contributed by atoms with Crippen LogP contribution in [0.25, 0.3) is 0 Å². The van der Waals surface area contributed by atoms with Gasteiger partial charge in [-0.25, -0.2) is 9.97 Å². The predicted molar refractivity (Wildman–Crippen MR) is 106 cm³/mol. The molecule has 0 radical (unpaired) electrons. The summed E-state index contributed by atoms with van der Waals surface area (Å²) < 4.78 is 5.13. The van der Waals surface area contributed by atoms with E-state index >= 15 is 0 Å². The number of rotatable bonds is 7. The van der Waals surface area contributed by atoms with Gasteiger partial charge in [0.2, 0.25) is 0 Å². The summed E-state index contributed by atoms with van der Waals surface area (Å²) in [7, 11) is 1.63. The summed E-state index contributed by atoms with van der Waals surface area (Å²) in [5, 5.41) is 14.9.